The van der Waals surface area contributed by atoms with Gasteiger partial charge in [-0.3, -0.25) is 9.59 Å². The summed E-state index contributed by atoms with van der Waals surface area (Å²) in [5.41, 5.74) is 7.58. The van der Waals surface area contributed by atoms with E-state index in [2.05, 4.69) is 0 Å². The molecule has 8 heteroatoms. The van der Waals surface area contributed by atoms with E-state index in [1.165, 1.54) is 6.26 Å². The largest absolute Gasteiger partial charge is 0.496 e. The maximum atomic E-state index is 12.7. The van der Waals surface area contributed by atoms with E-state index in [0.29, 0.717) is 48.8 Å². The SMILES string of the molecule is COc1cc(C(=O)N2CCN(C(=O)c3coc(CN)c3)CC2)ccc1C.Cl. The van der Waals surface area contributed by atoms with Gasteiger partial charge in [0.1, 0.15) is 17.8 Å². The van der Waals surface area contributed by atoms with Gasteiger partial charge < -0.3 is 24.7 Å². The number of nitrogens with zero attached hydrogens (tertiary/aromatic N) is 2. The smallest absolute Gasteiger partial charge is 0.257 e. The van der Waals surface area contributed by atoms with E-state index in [-0.39, 0.29) is 30.8 Å². The van der Waals surface area contributed by atoms with Crippen molar-refractivity contribution < 1.29 is 18.7 Å². The molecule has 0 bridgehead atoms. The number of furan rings is 1. The van der Waals surface area contributed by atoms with Crippen molar-refractivity contribution in [1.82, 2.24) is 9.80 Å². The normalized spacial score (nSPS) is 13.9. The highest BCUT2D eigenvalue weighted by atomic mass is 35.5. The minimum Gasteiger partial charge on any atom is -0.496 e. The lowest BCUT2D eigenvalue weighted by atomic mass is 10.1. The average Bonchev–Trinajstić information content (AvgIpc) is 3.16. The van der Waals surface area contributed by atoms with E-state index in [9.17, 15) is 9.59 Å². The van der Waals surface area contributed by atoms with E-state index in [1.54, 1.807) is 35.1 Å². The molecular weight excluding hydrogens is 370 g/mol. The van der Waals surface area contributed by atoms with Gasteiger partial charge in [-0.25, -0.2) is 0 Å². The Balaban J connectivity index is 0.00000261. The summed E-state index contributed by atoms with van der Waals surface area (Å²) in [5.74, 6) is 1.12. The first kappa shape index (κ1) is 20.8. The van der Waals surface area contributed by atoms with Crippen LogP contribution in [0.15, 0.2) is 34.9 Å². The zero-order chi connectivity index (χ0) is 18.7. The summed E-state index contributed by atoms with van der Waals surface area (Å²) in [6.45, 7) is 4.14. The second-order valence-corrected chi connectivity index (χ2v) is 6.27. The minimum atomic E-state index is -0.0995. The Morgan fingerprint density at radius 2 is 1.67 bits per heavy atom. The van der Waals surface area contributed by atoms with Crippen LogP contribution in [0.5, 0.6) is 5.75 Å². The van der Waals surface area contributed by atoms with Crippen LogP contribution in [0.3, 0.4) is 0 Å². The van der Waals surface area contributed by atoms with Crippen molar-refractivity contribution in [1.29, 1.82) is 0 Å². The molecule has 0 radical (unpaired) electrons. The Kier molecular flexibility index (Phi) is 6.87. The number of carbonyl (C=O) groups excluding carboxylic acids is 2. The van der Waals surface area contributed by atoms with Gasteiger partial charge in [-0.05, 0) is 30.7 Å². The molecule has 1 saturated heterocycles. The topological polar surface area (TPSA) is 89.0 Å². The summed E-state index contributed by atoms with van der Waals surface area (Å²) in [6, 6.07) is 7.10. The third-order valence-corrected chi connectivity index (χ3v) is 4.61. The number of nitrogens with two attached hydrogens (primary N) is 1. The fourth-order valence-corrected chi connectivity index (χ4v) is 3.03. The Hall–Kier alpha value is -2.51. The average molecular weight is 394 g/mol. The molecule has 1 aliphatic rings. The van der Waals surface area contributed by atoms with Crippen LogP contribution >= 0.6 is 12.4 Å². The molecule has 1 fully saturated rings. The third kappa shape index (κ3) is 4.43. The second-order valence-electron chi connectivity index (χ2n) is 6.27. The molecule has 1 aliphatic heterocycles. The van der Waals surface area contributed by atoms with Crippen molar-refractivity contribution in [2.45, 2.75) is 13.5 Å². The van der Waals surface area contributed by atoms with Gasteiger partial charge in [-0.1, -0.05) is 6.07 Å². The second kappa shape index (κ2) is 8.92. The van der Waals surface area contributed by atoms with Gasteiger partial charge >= 0.3 is 0 Å². The molecular formula is C19H24ClN3O4. The van der Waals surface area contributed by atoms with Gasteiger partial charge in [-0.15, -0.1) is 12.4 Å². The summed E-state index contributed by atoms with van der Waals surface area (Å²) in [6.07, 6.45) is 1.43. The first-order chi connectivity index (χ1) is 12.5. The van der Waals surface area contributed by atoms with Crippen molar-refractivity contribution in [2.75, 3.05) is 33.3 Å². The van der Waals surface area contributed by atoms with E-state index in [4.69, 9.17) is 14.9 Å². The monoisotopic (exact) mass is 393 g/mol. The fourth-order valence-electron chi connectivity index (χ4n) is 3.03. The number of rotatable bonds is 4. The van der Waals surface area contributed by atoms with E-state index in [0.717, 1.165) is 5.56 Å². The molecule has 27 heavy (non-hydrogen) atoms. The minimum absolute atomic E-state index is 0. The molecule has 0 atom stereocenters. The van der Waals surface area contributed by atoms with Crippen molar-refractivity contribution in [3.8, 4) is 5.75 Å². The van der Waals surface area contributed by atoms with Gasteiger partial charge in [0.15, 0.2) is 0 Å². The predicted molar refractivity (Wildman–Crippen MR) is 103 cm³/mol. The molecule has 0 aliphatic carbocycles. The lowest BCUT2D eigenvalue weighted by molar-refractivity contribution is 0.0535. The highest BCUT2D eigenvalue weighted by Crippen LogP contribution is 2.21. The van der Waals surface area contributed by atoms with Crippen LogP contribution < -0.4 is 10.5 Å². The van der Waals surface area contributed by atoms with E-state index < -0.39 is 0 Å². The number of piperazine rings is 1. The van der Waals surface area contributed by atoms with Crippen molar-refractivity contribution in [3.63, 3.8) is 0 Å². The van der Waals surface area contributed by atoms with E-state index in [1.807, 2.05) is 13.0 Å². The standard InChI is InChI=1S/C19H23N3O4.ClH/c1-13-3-4-14(10-17(13)25-2)18(23)21-5-7-22(8-6-21)19(24)15-9-16(11-20)26-12-15;/h3-4,9-10,12H,5-8,11,20H2,1-2H3;1H. The van der Waals surface area contributed by atoms with Crippen LogP contribution in [0.1, 0.15) is 32.0 Å². The number of amides is 2. The molecule has 0 unspecified atom stereocenters. The lowest BCUT2D eigenvalue weighted by Crippen LogP contribution is -2.50. The summed E-state index contributed by atoms with van der Waals surface area (Å²) >= 11 is 0. The molecule has 0 saturated carbocycles. The number of hydrogen-bond donors (Lipinski definition) is 1. The molecule has 2 N–H and O–H groups in total. The van der Waals surface area contributed by atoms with Crippen LogP contribution in [-0.2, 0) is 6.54 Å². The Labute approximate surface area is 164 Å². The highest BCUT2D eigenvalue weighted by molar-refractivity contribution is 5.96. The van der Waals surface area contributed by atoms with Gasteiger partial charge in [0.25, 0.3) is 11.8 Å². The Morgan fingerprint density at radius 1 is 1.07 bits per heavy atom. The molecule has 2 aromatic rings. The molecule has 146 valence electrons. The van der Waals surface area contributed by atoms with Crippen LogP contribution in [0.4, 0.5) is 0 Å². The number of benzene rings is 1. The number of ether oxygens (including phenoxy) is 1. The van der Waals surface area contributed by atoms with Crippen molar-refractivity contribution in [2.24, 2.45) is 5.73 Å². The zero-order valence-corrected chi connectivity index (χ0v) is 16.3. The number of halogens is 1. The Morgan fingerprint density at radius 3 is 2.19 bits per heavy atom. The highest BCUT2D eigenvalue weighted by Gasteiger charge is 2.26. The number of methoxy groups -OCH3 is 1. The van der Waals surface area contributed by atoms with Crippen LogP contribution in [0.2, 0.25) is 0 Å². The molecule has 1 aromatic heterocycles. The summed E-state index contributed by atoms with van der Waals surface area (Å²) in [4.78, 5) is 28.7. The zero-order valence-electron chi connectivity index (χ0n) is 15.4. The quantitative estimate of drug-likeness (QED) is 0.858. The first-order valence-electron chi connectivity index (χ1n) is 8.54. The number of hydrogen-bond acceptors (Lipinski definition) is 5. The number of aryl methyl sites for hydroxylation is 1. The van der Waals surface area contributed by atoms with Gasteiger partial charge in [0.2, 0.25) is 0 Å². The molecule has 2 heterocycles. The summed E-state index contributed by atoms with van der Waals surface area (Å²) in [5, 5.41) is 0. The lowest BCUT2D eigenvalue weighted by Gasteiger charge is -2.34. The summed E-state index contributed by atoms with van der Waals surface area (Å²) < 4.78 is 10.5. The Bertz CT molecular complexity index is 813. The number of carbonyl (C=O) groups is 2. The van der Waals surface area contributed by atoms with E-state index >= 15 is 0 Å². The first-order valence-corrected chi connectivity index (χ1v) is 8.54. The maximum Gasteiger partial charge on any atom is 0.257 e. The molecule has 2 amide bonds. The van der Waals surface area contributed by atoms with Crippen LogP contribution in [0.25, 0.3) is 0 Å². The molecule has 0 spiro atoms. The fraction of sp³-hybridized carbons (Fsp3) is 0.368. The maximum absolute atomic E-state index is 12.7. The van der Waals surface area contributed by atoms with Crippen LogP contribution in [0, 0.1) is 6.92 Å². The van der Waals surface area contributed by atoms with Gasteiger partial charge in [0.05, 0.1) is 19.2 Å². The summed E-state index contributed by atoms with van der Waals surface area (Å²) in [7, 11) is 1.59. The van der Waals surface area contributed by atoms with Gasteiger partial charge in [0, 0.05) is 31.7 Å². The van der Waals surface area contributed by atoms with Crippen molar-refractivity contribution >= 4 is 24.2 Å². The molecule has 3 rings (SSSR count). The van der Waals surface area contributed by atoms with Gasteiger partial charge in [-0.2, -0.15) is 0 Å². The van der Waals surface area contributed by atoms with Crippen molar-refractivity contribution in [3.05, 3.63) is 53.0 Å². The van der Waals surface area contributed by atoms with Crippen LogP contribution in [-0.4, -0.2) is 54.9 Å². The molecule has 7 nitrogen and oxygen atoms in total. The third-order valence-electron chi connectivity index (χ3n) is 4.61. The molecule has 1 aromatic carbocycles. The predicted octanol–water partition coefficient (Wildman–Crippen LogP) is 2.08.